The van der Waals surface area contributed by atoms with Crippen LogP contribution < -0.4 is 9.47 Å². The molecule has 1 aliphatic rings. The first kappa shape index (κ1) is 21.7. The second-order valence-electron chi connectivity index (χ2n) is 8.82. The molecule has 0 bridgehead atoms. The Bertz CT molecular complexity index is 1170. The van der Waals surface area contributed by atoms with Gasteiger partial charge >= 0.3 is 6.09 Å². The molecule has 168 valence electrons. The van der Waals surface area contributed by atoms with Gasteiger partial charge in [0.05, 0.1) is 14.2 Å². The monoisotopic (exact) mass is 435 g/mol. The van der Waals surface area contributed by atoms with Gasteiger partial charge in [-0.05, 0) is 62.9 Å². The predicted molar refractivity (Wildman–Crippen MR) is 125 cm³/mol. The summed E-state index contributed by atoms with van der Waals surface area (Å²) in [6, 6.07) is 7.93. The Morgan fingerprint density at radius 1 is 1.09 bits per heavy atom. The highest BCUT2D eigenvalue weighted by Gasteiger charge is 2.24. The van der Waals surface area contributed by atoms with Crippen LogP contribution in [-0.2, 0) is 4.74 Å². The average Bonchev–Trinajstić information content (AvgIpc) is 3.21. The molecule has 4 rings (SSSR count). The Morgan fingerprint density at radius 3 is 2.59 bits per heavy atom. The predicted octanol–water partition coefficient (Wildman–Crippen LogP) is 5.62. The molecule has 1 aromatic carbocycles. The number of ether oxygens (including phenoxy) is 3. The second-order valence-corrected chi connectivity index (χ2v) is 8.82. The molecule has 1 aliphatic heterocycles. The van der Waals surface area contributed by atoms with Crippen molar-refractivity contribution >= 4 is 22.7 Å². The van der Waals surface area contributed by atoms with Crippen molar-refractivity contribution in [3.05, 3.63) is 48.4 Å². The average molecular weight is 436 g/mol. The van der Waals surface area contributed by atoms with Gasteiger partial charge in [-0.1, -0.05) is 6.07 Å². The van der Waals surface area contributed by atoms with E-state index in [0.717, 1.165) is 46.1 Å². The van der Waals surface area contributed by atoms with E-state index in [1.165, 1.54) is 0 Å². The molecule has 0 radical (unpaired) electrons. The van der Waals surface area contributed by atoms with Crippen molar-refractivity contribution in [2.45, 2.75) is 39.2 Å². The zero-order chi connectivity index (χ0) is 22.9. The van der Waals surface area contributed by atoms with Crippen molar-refractivity contribution in [1.29, 1.82) is 0 Å². The van der Waals surface area contributed by atoms with E-state index in [0.29, 0.717) is 18.0 Å². The normalized spacial score (nSPS) is 14.3. The maximum atomic E-state index is 12.6. The van der Waals surface area contributed by atoms with Gasteiger partial charge in [0.25, 0.3) is 0 Å². The number of aromatic nitrogens is 2. The SMILES string of the molecule is COc1ccc(-c2cnc3[nH]cc(C4=CN(C(=O)OC(C)(C)C)CCC4)c3c2)cc1OC. The number of hydrogen-bond acceptors (Lipinski definition) is 5. The molecule has 3 heterocycles. The molecule has 0 fully saturated rings. The molecule has 3 aromatic rings. The number of hydrogen-bond donors (Lipinski definition) is 1. The first-order valence-corrected chi connectivity index (χ1v) is 10.7. The van der Waals surface area contributed by atoms with Crippen molar-refractivity contribution in [2.24, 2.45) is 0 Å². The summed E-state index contributed by atoms with van der Waals surface area (Å²) in [4.78, 5) is 22.1. The van der Waals surface area contributed by atoms with Crippen LogP contribution in [0.5, 0.6) is 11.5 Å². The first-order chi connectivity index (χ1) is 15.3. The second kappa shape index (κ2) is 8.57. The van der Waals surface area contributed by atoms with Crippen molar-refractivity contribution in [3.63, 3.8) is 0 Å². The van der Waals surface area contributed by atoms with Crippen LogP contribution >= 0.6 is 0 Å². The van der Waals surface area contributed by atoms with Crippen LogP contribution in [-0.4, -0.2) is 47.3 Å². The Hall–Kier alpha value is -3.48. The minimum atomic E-state index is -0.526. The zero-order valence-corrected chi connectivity index (χ0v) is 19.2. The van der Waals surface area contributed by atoms with Gasteiger partial charge in [-0.3, -0.25) is 4.90 Å². The number of aromatic amines is 1. The molecule has 32 heavy (non-hydrogen) atoms. The van der Waals surface area contributed by atoms with Crippen molar-refractivity contribution < 1.29 is 19.0 Å². The summed E-state index contributed by atoms with van der Waals surface area (Å²) >= 11 is 0. The third kappa shape index (κ3) is 4.42. The molecule has 7 heteroatoms. The van der Waals surface area contributed by atoms with Crippen LogP contribution in [0.1, 0.15) is 39.2 Å². The molecule has 2 aromatic heterocycles. The molecule has 0 atom stereocenters. The number of nitrogens with zero attached hydrogens (tertiary/aromatic N) is 2. The maximum Gasteiger partial charge on any atom is 0.414 e. The molecule has 1 amide bonds. The highest BCUT2D eigenvalue weighted by atomic mass is 16.6. The minimum absolute atomic E-state index is 0.321. The summed E-state index contributed by atoms with van der Waals surface area (Å²) in [6.45, 7) is 6.28. The summed E-state index contributed by atoms with van der Waals surface area (Å²) < 4.78 is 16.3. The largest absolute Gasteiger partial charge is 0.493 e. The molecule has 0 spiro atoms. The number of amides is 1. The number of benzene rings is 1. The fraction of sp³-hybridized carbons (Fsp3) is 0.360. The van der Waals surface area contributed by atoms with E-state index in [9.17, 15) is 4.79 Å². The number of fused-ring (bicyclic) bond motifs is 1. The van der Waals surface area contributed by atoms with Gasteiger partial charge in [-0.25, -0.2) is 9.78 Å². The number of allylic oxidation sites excluding steroid dienone is 1. The van der Waals surface area contributed by atoms with Crippen molar-refractivity contribution in [3.8, 4) is 22.6 Å². The Labute approximate surface area is 188 Å². The number of carbonyl (C=O) groups is 1. The Kier molecular flexibility index (Phi) is 5.82. The molecular weight excluding hydrogens is 406 g/mol. The lowest BCUT2D eigenvalue weighted by Gasteiger charge is -2.28. The van der Waals surface area contributed by atoms with E-state index in [2.05, 4.69) is 16.0 Å². The van der Waals surface area contributed by atoms with E-state index in [4.69, 9.17) is 14.2 Å². The molecule has 0 saturated heterocycles. The van der Waals surface area contributed by atoms with Gasteiger partial charge in [0, 0.05) is 41.7 Å². The molecule has 7 nitrogen and oxygen atoms in total. The van der Waals surface area contributed by atoms with Crippen LogP contribution in [0.4, 0.5) is 4.79 Å². The van der Waals surface area contributed by atoms with Crippen LogP contribution in [0.2, 0.25) is 0 Å². The van der Waals surface area contributed by atoms with Gasteiger partial charge in [-0.2, -0.15) is 0 Å². The molecule has 0 saturated carbocycles. The van der Waals surface area contributed by atoms with Gasteiger partial charge in [-0.15, -0.1) is 0 Å². The molecule has 0 aliphatic carbocycles. The first-order valence-electron chi connectivity index (χ1n) is 10.7. The fourth-order valence-electron chi connectivity index (χ4n) is 3.87. The Balaban J connectivity index is 1.70. The number of H-pyrrole nitrogens is 1. The van der Waals surface area contributed by atoms with E-state index in [-0.39, 0.29) is 6.09 Å². The van der Waals surface area contributed by atoms with Crippen LogP contribution in [0.3, 0.4) is 0 Å². The number of carbonyl (C=O) groups excluding carboxylic acids is 1. The topological polar surface area (TPSA) is 76.7 Å². The standard InChI is InChI=1S/C25H29N3O4/c1-25(2,3)32-24(29)28-10-6-7-17(15-28)20-14-27-23-19(20)11-18(13-26-23)16-8-9-21(30-4)22(12-16)31-5/h8-9,11-15H,6-7,10H2,1-5H3,(H,26,27). The third-order valence-corrected chi connectivity index (χ3v) is 5.38. The lowest BCUT2D eigenvalue weighted by Crippen LogP contribution is -2.35. The molecule has 1 N–H and O–H groups in total. The van der Waals surface area contributed by atoms with Gasteiger partial charge in [0.15, 0.2) is 11.5 Å². The molecule has 0 unspecified atom stereocenters. The fourth-order valence-corrected chi connectivity index (χ4v) is 3.87. The summed E-state index contributed by atoms with van der Waals surface area (Å²) in [5.74, 6) is 1.35. The van der Waals surface area contributed by atoms with Gasteiger partial charge < -0.3 is 19.2 Å². The van der Waals surface area contributed by atoms with E-state index in [1.807, 2.05) is 57.6 Å². The smallest absolute Gasteiger partial charge is 0.414 e. The Morgan fingerprint density at radius 2 is 1.88 bits per heavy atom. The van der Waals surface area contributed by atoms with Crippen LogP contribution in [0, 0.1) is 0 Å². The lowest BCUT2D eigenvalue weighted by atomic mass is 9.98. The summed E-state index contributed by atoms with van der Waals surface area (Å²) in [7, 11) is 3.25. The summed E-state index contributed by atoms with van der Waals surface area (Å²) in [5.41, 5.74) is 4.36. The summed E-state index contributed by atoms with van der Waals surface area (Å²) in [5, 5.41) is 1.01. The zero-order valence-electron chi connectivity index (χ0n) is 19.2. The number of methoxy groups -OCH3 is 2. The van der Waals surface area contributed by atoms with Gasteiger partial charge in [0.1, 0.15) is 11.2 Å². The summed E-state index contributed by atoms with van der Waals surface area (Å²) in [6.07, 6.45) is 7.14. The van der Waals surface area contributed by atoms with Crippen molar-refractivity contribution in [1.82, 2.24) is 14.9 Å². The van der Waals surface area contributed by atoms with E-state index in [1.54, 1.807) is 19.1 Å². The van der Waals surface area contributed by atoms with E-state index < -0.39 is 5.60 Å². The highest BCUT2D eigenvalue weighted by Crippen LogP contribution is 2.35. The maximum absolute atomic E-state index is 12.6. The van der Waals surface area contributed by atoms with Gasteiger partial charge in [0.2, 0.25) is 0 Å². The van der Waals surface area contributed by atoms with E-state index >= 15 is 0 Å². The quantitative estimate of drug-likeness (QED) is 0.576. The highest BCUT2D eigenvalue weighted by molar-refractivity contribution is 5.93. The lowest BCUT2D eigenvalue weighted by molar-refractivity contribution is 0.0329. The molecular formula is C25H29N3O4. The van der Waals surface area contributed by atoms with Crippen LogP contribution in [0.15, 0.2) is 42.9 Å². The van der Waals surface area contributed by atoms with Crippen molar-refractivity contribution in [2.75, 3.05) is 20.8 Å². The third-order valence-electron chi connectivity index (χ3n) is 5.38. The number of nitrogens with one attached hydrogen (secondary N) is 1. The number of pyridine rings is 1. The number of rotatable bonds is 4. The minimum Gasteiger partial charge on any atom is -0.493 e. The van der Waals surface area contributed by atoms with Crippen LogP contribution in [0.25, 0.3) is 27.7 Å².